The van der Waals surface area contributed by atoms with Crippen LogP contribution in [0.1, 0.15) is 21.1 Å². The molecule has 0 aliphatic rings. The summed E-state index contributed by atoms with van der Waals surface area (Å²) in [6.07, 6.45) is 1.46. The number of rotatable bonds is 2. The number of aromatic carboxylic acids is 1. The van der Waals surface area contributed by atoms with E-state index < -0.39 is 11.9 Å². The fourth-order valence-corrected chi connectivity index (χ4v) is 1.74. The van der Waals surface area contributed by atoms with Crippen molar-refractivity contribution in [2.75, 3.05) is 7.11 Å². The third-order valence-corrected chi connectivity index (χ3v) is 2.49. The Balaban J connectivity index is 2.85. The zero-order valence-corrected chi connectivity index (χ0v) is 9.43. The number of imidazole rings is 1. The van der Waals surface area contributed by atoms with Crippen LogP contribution in [0.25, 0.3) is 5.52 Å². The number of carboxylic acid groups (broad SMARTS) is 1. The number of pyridine rings is 1. The standard InChI is InChI=1S/C10H7ClN2O4/c1-17-10(16)6-7-5(11)3-2-4-13(7)8(12-6)9(14)15/h2-4H,1H3,(H,14,15). The normalized spacial score (nSPS) is 10.5. The molecule has 2 aromatic rings. The number of hydrogen-bond donors (Lipinski definition) is 1. The van der Waals surface area contributed by atoms with Gasteiger partial charge in [0.1, 0.15) is 0 Å². The molecule has 2 heterocycles. The lowest BCUT2D eigenvalue weighted by molar-refractivity contribution is 0.0597. The molecule has 0 saturated carbocycles. The first-order valence-corrected chi connectivity index (χ1v) is 4.92. The van der Waals surface area contributed by atoms with Crippen molar-refractivity contribution in [1.82, 2.24) is 9.38 Å². The van der Waals surface area contributed by atoms with Gasteiger partial charge < -0.3 is 9.84 Å². The number of ether oxygens (including phenoxy) is 1. The minimum Gasteiger partial charge on any atom is -0.475 e. The molecule has 0 fully saturated rings. The number of nitrogens with zero attached hydrogens (tertiary/aromatic N) is 2. The van der Waals surface area contributed by atoms with Gasteiger partial charge in [-0.15, -0.1) is 0 Å². The Hall–Kier alpha value is -2.08. The summed E-state index contributed by atoms with van der Waals surface area (Å²) in [6.45, 7) is 0. The van der Waals surface area contributed by atoms with Crippen molar-refractivity contribution >= 4 is 29.1 Å². The predicted octanol–water partition coefficient (Wildman–Crippen LogP) is 1.47. The van der Waals surface area contributed by atoms with Crippen LogP contribution >= 0.6 is 11.6 Å². The maximum atomic E-state index is 11.5. The topological polar surface area (TPSA) is 80.9 Å². The average Bonchev–Trinajstić information content (AvgIpc) is 2.69. The first-order valence-electron chi connectivity index (χ1n) is 4.54. The van der Waals surface area contributed by atoms with Crippen molar-refractivity contribution in [2.24, 2.45) is 0 Å². The fourth-order valence-electron chi connectivity index (χ4n) is 1.49. The van der Waals surface area contributed by atoms with Gasteiger partial charge in [-0.25, -0.2) is 14.6 Å². The minimum absolute atomic E-state index is 0.115. The molecule has 0 spiro atoms. The van der Waals surface area contributed by atoms with E-state index in [-0.39, 0.29) is 22.1 Å². The smallest absolute Gasteiger partial charge is 0.372 e. The van der Waals surface area contributed by atoms with Gasteiger partial charge in [0.25, 0.3) is 0 Å². The molecule has 88 valence electrons. The van der Waals surface area contributed by atoms with Crippen molar-refractivity contribution in [3.63, 3.8) is 0 Å². The van der Waals surface area contributed by atoms with Crippen LogP contribution in [0.15, 0.2) is 18.3 Å². The Morgan fingerprint density at radius 1 is 1.53 bits per heavy atom. The second kappa shape index (κ2) is 4.06. The third kappa shape index (κ3) is 1.72. The van der Waals surface area contributed by atoms with Crippen LogP contribution in [0, 0.1) is 0 Å². The second-order valence-corrected chi connectivity index (χ2v) is 3.56. The summed E-state index contributed by atoms with van der Waals surface area (Å²) in [5.41, 5.74) is 0.105. The van der Waals surface area contributed by atoms with Crippen LogP contribution in [-0.2, 0) is 4.74 Å². The Kier molecular flexibility index (Phi) is 2.72. The van der Waals surface area contributed by atoms with Crippen molar-refractivity contribution in [3.8, 4) is 0 Å². The van der Waals surface area contributed by atoms with E-state index in [0.717, 1.165) is 0 Å². The number of carbonyl (C=O) groups excluding carboxylic acids is 1. The lowest BCUT2D eigenvalue weighted by Gasteiger charge is -1.99. The van der Waals surface area contributed by atoms with E-state index in [1.165, 1.54) is 23.8 Å². The summed E-state index contributed by atoms with van der Waals surface area (Å²) in [6, 6.07) is 3.10. The van der Waals surface area contributed by atoms with Gasteiger partial charge in [-0.2, -0.15) is 0 Å². The second-order valence-electron chi connectivity index (χ2n) is 3.16. The molecule has 2 rings (SSSR count). The van der Waals surface area contributed by atoms with Gasteiger partial charge in [0.05, 0.1) is 17.6 Å². The monoisotopic (exact) mass is 254 g/mol. The summed E-state index contributed by atoms with van der Waals surface area (Å²) in [7, 11) is 1.19. The van der Waals surface area contributed by atoms with Gasteiger partial charge in [-0.1, -0.05) is 11.6 Å². The van der Waals surface area contributed by atoms with Crippen LogP contribution in [0.4, 0.5) is 0 Å². The van der Waals surface area contributed by atoms with E-state index >= 15 is 0 Å². The highest BCUT2D eigenvalue weighted by atomic mass is 35.5. The van der Waals surface area contributed by atoms with Gasteiger partial charge in [0, 0.05) is 6.20 Å². The van der Waals surface area contributed by atoms with Crippen molar-refractivity contribution in [1.29, 1.82) is 0 Å². The molecule has 7 heteroatoms. The molecule has 0 aliphatic heterocycles. The maximum absolute atomic E-state index is 11.5. The lowest BCUT2D eigenvalue weighted by Crippen LogP contribution is -2.04. The Morgan fingerprint density at radius 2 is 2.24 bits per heavy atom. The highest BCUT2D eigenvalue weighted by Crippen LogP contribution is 2.22. The maximum Gasteiger partial charge on any atom is 0.372 e. The molecule has 0 radical (unpaired) electrons. The van der Waals surface area contributed by atoms with Crippen LogP contribution in [0.3, 0.4) is 0 Å². The van der Waals surface area contributed by atoms with E-state index in [1.807, 2.05) is 0 Å². The van der Waals surface area contributed by atoms with Gasteiger partial charge in [-0.05, 0) is 12.1 Å². The molecule has 17 heavy (non-hydrogen) atoms. The quantitative estimate of drug-likeness (QED) is 0.821. The molecule has 0 unspecified atom stereocenters. The SMILES string of the molecule is COC(=O)c1nc(C(=O)O)n2cccc(Cl)c12. The Bertz CT molecular complexity index is 620. The van der Waals surface area contributed by atoms with Crippen molar-refractivity contribution < 1.29 is 19.4 Å². The van der Waals surface area contributed by atoms with Gasteiger partial charge in [0.15, 0.2) is 5.69 Å². The molecule has 0 saturated heterocycles. The highest BCUT2D eigenvalue weighted by Gasteiger charge is 2.23. The third-order valence-electron chi connectivity index (χ3n) is 2.19. The predicted molar refractivity (Wildman–Crippen MR) is 58.5 cm³/mol. The summed E-state index contributed by atoms with van der Waals surface area (Å²) in [5, 5.41) is 9.19. The average molecular weight is 255 g/mol. The number of hydrogen-bond acceptors (Lipinski definition) is 4. The van der Waals surface area contributed by atoms with E-state index in [4.69, 9.17) is 16.7 Å². The lowest BCUT2D eigenvalue weighted by atomic mass is 10.3. The van der Waals surface area contributed by atoms with Crippen LogP contribution < -0.4 is 0 Å². The summed E-state index contributed by atoms with van der Waals surface area (Å²) in [4.78, 5) is 26.2. The number of fused-ring (bicyclic) bond motifs is 1. The molecular formula is C10H7ClN2O4. The zero-order valence-electron chi connectivity index (χ0n) is 8.68. The van der Waals surface area contributed by atoms with E-state index in [0.29, 0.717) is 0 Å². The molecule has 0 bridgehead atoms. The molecule has 6 nitrogen and oxygen atoms in total. The molecule has 0 amide bonds. The van der Waals surface area contributed by atoms with Gasteiger partial charge in [0.2, 0.25) is 5.82 Å². The summed E-state index contributed by atoms with van der Waals surface area (Å²) in [5.74, 6) is -2.27. The summed E-state index contributed by atoms with van der Waals surface area (Å²) >= 11 is 5.92. The van der Waals surface area contributed by atoms with E-state index in [9.17, 15) is 9.59 Å². The highest BCUT2D eigenvalue weighted by molar-refractivity contribution is 6.34. The number of esters is 1. The van der Waals surface area contributed by atoms with E-state index in [2.05, 4.69) is 9.72 Å². The van der Waals surface area contributed by atoms with Gasteiger partial charge in [-0.3, -0.25) is 4.40 Å². The van der Waals surface area contributed by atoms with Crippen LogP contribution in [-0.4, -0.2) is 33.5 Å². The largest absolute Gasteiger partial charge is 0.475 e. The molecule has 2 aromatic heterocycles. The zero-order chi connectivity index (χ0) is 12.6. The van der Waals surface area contributed by atoms with Crippen molar-refractivity contribution in [3.05, 3.63) is 34.9 Å². The van der Waals surface area contributed by atoms with Crippen LogP contribution in [0.2, 0.25) is 5.02 Å². The minimum atomic E-state index is -1.25. The Labute approximate surface area is 100 Å². The first kappa shape index (κ1) is 11.4. The van der Waals surface area contributed by atoms with E-state index in [1.54, 1.807) is 6.07 Å². The molecular weight excluding hydrogens is 248 g/mol. The number of methoxy groups -OCH3 is 1. The fraction of sp³-hybridized carbons (Fsp3) is 0.100. The van der Waals surface area contributed by atoms with Gasteiger partial charge >= 0.3 is 11.9 Å². The molecule has 0 atom stereocenters. The summed E-state index contributed by atoms with van der Waals surface area (Å²) < 4.78 is 5.76. The molecule has 1 N–H and O–H groups in total. The number of carbonyl (C=O) groups is 2. The Morgan fingerprint density at radius 3 is 2.82 bits per heavy atom. The molecule has 0 aliphatic carbocycles. The molecule has 0 aromatic carbocycles. The first-order chi connectivity index (χ1) is 8.06. The number of halogens is 1. The van der Waals surface area contributed by atoms with Crippen LogP contribution in [0.5, 0.6) is 0 Å². The number of carboxylic acids is 1. The van der Waals surface area contributed by atoms with Crippen molar-refractivity contribution in [2.45, 2.75) is 0 Å². The number of aromatic nitrogens is 2.